The van der Waals surface area contributed by atoms with Crippen molar-refractivity contribution in [3.05, 3.63) is 23.8 Å². The van der Waals surface area contributed by atoms with Crippen LogP contribution < -0.4 is 15.4 Å². The highest BCUT2D eigenvalue weighted by atomic mass is 32.1. The van der Waals surface area contributed by atoms with Crippen molar-refractivity contribution >= 4 is 22.9 Å². The smallest absolute Gasteiger partial charge is 0.120 e. The van der Waals surface area contributed by atoms with E-state index < -0.39 is 0 Å². The fourth-order valence-corrected chi connectivity index (χ4v) is 3.15. The van der Waals surface area contributed by atoms with Gasteiger partial charge in [0.2, 0.25) is 0 Å². The Morgan fingerprint density at radius 3 is 2.57 bits per heavy atom. The Bertz CT molecular complexity index is 496. The zero-order valence-corrected chi connectivity index (χ0v) is 13.9. The maximum Gasteiger partial charge on any atom is 0.120 e. The van der Waals surface area contributed by atoms with Crippen LogP contribution in [0.25, 0.3) is 0 Å². The normalized spacial score (nSPS) is 16.3. The van der Waals surface area contributed by atoms with Gasteiger partial charge in [0.1, 0.15) is 10.7 Å². The SMILES string of the molecule is COc1ccc(C(N)=S)c(N2CCC(CN(C)C)CC2)c1. The van der Waals surface area contributed by atoms with Crippen molar-refractivity contribution in [2.75, 3.05) is 45.7 Å². The monoisotopic (exact) mass is 307 g/mol. The molecule has 1 heterocycles. The first-order valence-corrected chi connectivity index (χ1v) is 7.79. The molecule has 0 radical (unpaired) electrons. The number of thiocarbonyl (C=S) groups is 1. The number of anilines is 1. The maximum absolute atomic E-state index is 5.86. The van der Waals surface area contributed by atoms with E-state index in [0.717, 1.165) is 42.6 Å². The van der Waals surface area contributed by atoms with Crippen LogP contribution in [0.3, 0.4) is 0 Å². The third-order valence-electron chi connectivity index (χ3n) is 4.05. The second kappa shape index (κ2) is 7.09. The van der Waals surface area contributed by atoms with E-state index in [-0.39, 0.29) is 0 Å². The zero-order valence-electron chi connectivity index (χ0n) is 13.1. The van der Waals surface area contributed by atoms with E-state index >= 15 is 0 Å². The maximum atomic E-state index is 5.86. The molecule has 1 aromatic carbocycles. The Morgan fingerprint density at radius 1 is 1.38 bits per heavy atom. The molecule has 4 nitrogen and oxygen atoms in total. The van der Waals surface area contributed by atoms with Gasteiger partial charge in [0.15, 0.2) is 0 Å². The number of nitrogens with zero attached hydrogens (tertiary/aromatic N) is 2. The molecule has 0 saturated carbocycles. The Morgan fingerprint density at radius 2 is 2.05 bits per heavy atom. The number of hydrogen-bond donors (Lipinski definition) is 1. The van der Waals surface area contributed by atoms with E-state index in [1.807, 2.05) is 18.2 Å². The minimum absolute atomic E-state index is 0.447. The van der Waals surface area contributed by atoms with Gasteiger partial charge in [-0.1, -0.05) is 12.2 Å². The Balaban J connectivity index is 2.13. The lowest BCUT2D eigenvalue weighted by Crippen LogP contribution is -2.38. The predicted molar refractivity (Wildman–Crippen MR) is 92.4 cm³/mol. The predicted octanol–water partition coefficient (Wildman–Crippen LogP) is 2.11. The highest BCUT2D eigenvalue weighted by molar-refractivity contribution is 7.80. The van der Waals surface area contributed by atoms with Gasteiger partial charge in [-0.3, -0.25) is 0 Å². The number of methoxy groups -OCH3 is 1. The average molecular weight is 307 g/mol. The van der Waals surface area contributed by atoms with Gasteiger partial charge in [0.05, 0.1) is 12.8 Å². The second-order valence-electron chi connectivity index (χ2n) is 5.94. The third kappa shape index (κ3) is 4.08. The molecule has 1 aliphatic heterocycles. The first-order valence-electron chi connectivity index (χ1n) is 7.38. The summed E-state index contributed by atoms with van der Waals surface area (Å²) in [5, 5.41) is 0. The number of benzene rings is 1. The molecule has 1 saturated heterocycles. The molecule has 0 unspecified atom stereocenters. The standard InChI is InChI=1S/C16H25N3OS/c1-18(2)11-12-6-8-19(9-7-12)15-10-13(20-3)4-5-14(15)16(17)21/h4-5,10,12H,6-9,11H2,1-3H3,(H2,17,21). The van der Waals surface area contributed by atoms with Crippen molar-refractivity contribution in [1.82, 2.24) is 4.90 Å². The van der Waals surface area contributed by atoms with Crippen molar-refractivity contribution < 1.29 is 4.74 Å². The van der Waals surface area contributed by atoms with Crippen LogP contribution in [0.4, 0.5) is 5.69 Å². The molecule has 1 aliphatic rings. The summed E-state index contributed by atoms with van der Waals surface area (Å²) >= 11 is 5.18. The van der Waals surface area contributed by atoms with Crippen LogP contribution in [0, 0.1) is 5.92 Å². The highest BCUT2D eigenvalue weighted by Gasteiger charge is 2.22. The molecule has 1 fully saturated rings. The molecule has 116 valence electrons. The number of piperidine rings is 1. The average Bonchev–Trinajstić information content (AvgIpc) is 2.46. The van der Waals surface area contributed by atoms with Crippen LogP contribution in [0.15, 0.2) is 18.2 Å². The number of ether oxygens (including phenoxy) is 1. The summed E-state index contributed by atoms with van der Waals surface area (Å²) in [5.41, 5.74) is 7.91. The van der Waals surface area contributed by atoms with Crippen LogP contribution in [0.2, 0.25) is 0 Å². The summed E-state index contributed by atoms with van der Waals surface area (Å²) in [5.74, 6) is 1.62. The van der Waals surface area contributed by atoms with Crippen molar-refractivity contribution in [2.45, 2.75) is 12.8 Å². The summed E-state index contributed by atoms with van der Waals surface area (Å²) in [6, 6.07) is 5.92. The minimum Gasteiger partial charge on any atom is -0.497 e. The van der Waals surface area contributed by atoms with E-state index in [0.29, 0.717) is 4.99 Å². The fraction of sp³-hybridized carbons (Fsp3) is 0.562. The van der Waals surface area contributed by atoms with Gasteiger partial charge < -0.3 is 20.3 Å². The highest BCUT2D eigenvalue weighted by Crippen LogP contribution is 2.30. The Kier molecular flexibility index (Phi) is 5.42. The van der Waals surface area contributed by atoms with Crippen LogP contribution in [-0.4, -0.2) is 50.7 Å². The van der Waals surface area contributed by atoms with Crippen LogP contribution in [0.5, 0.6) is 5.75 Å². The molecular weight excluding hydrogens is 282 g/mol. The molecule has 0 atom stereocenters. The second-order valence-corrected chi connectivity index (χ2v) is 6.38. The molecular formula is C16H25N3OS. The largest absolute Gasteiger partial charge is 0.497 e. The lowest BCUT2D eigenvalue weighted by Gasteiger charge is -2.35. The fourth-order valence-electron chi connectivity index (χ4n) is 2.98. The van der Waals surface area contributed by atoms with E-state index in [4.69, 9.17) is 22.7 Å². The molecule has 0 spiro atoms. The van der Waals surface area contributed by atoms with E-state index in [1.54, 1.807) is 7.11 Å². The molecule has 2 N–H and O–H groups in total. The van der Waals surface area contributed by atoms with Crippen LogP contribution in [-0.2, 0) is 0 Å². The number of hydrogen-bond acceptors (Lipinski definition) is 4. The Labute approximate surface area is 132 Å². The van der Waals surface area contributed by atoms with Crippen LogP contribution in [0.1, 0.15) is 18.4 Å². The summed E-state index contributed by atoms with van der Waals surface area (Å²) in [4.78, 5) is 5.10. The molecule has 0 bridgehead atoms. The van der Waals surface area contributed by atoms with Crippen molar-refractivity contribution in [1.29, 1.82) is 0 Å². The number of rotatable bonds is 5. The molecule has 2 rings (SSSR count). The first kappa shape index (κ1) is 16.0. The summed E-state index contributed by atoms with van der Waals surface area (Å²) in [6.07, 6.45) is 2.40. The van der Waals surface area contributed by atoms with Gasteiger partial charge in [-0.05, 0) is 45.0 Å². The quantitative estimate of drug-likeness (QED) is 0.844. The topological polar surface area (TPSA) is 41.7 Å². The minimum atomic E-state index is 0.447. The van der Waals surface area contributed by atoms with Crippen molar-refractivity contribution in [3.63, 3.8) is 0 Å². The molecule has 21 heavy (non-hydrogen) atoms. The van der Waals surface area contributed by atoms with Gasteiger partial charge in [-0.15, -0.1) is 0 Å². The van der Waals surface area contributed by atoms with E-state index in [1.165, 1.54) is 12.8 Å². The molecule has 5 heteroatoms. The molecule has 0 aromatic heterocycles. The lowest BCUT2D eigenvalue weighted by molar-refractivity contribution is 0.285. The lowest BCUT2D eigenvalue weighted by atomic mass is 9.95. The van der Waals surface area contributed by atoms with Gasteiger partial charge in [0, 0.05) is 31.3 Å². The van der Waals surface area contributed by atoms with Gasteiger partial charge >= 0.3 is 0 Å². The summed E-state index contributed by atoms with van der Waals surface area (Å²) in [7, 11) is 5.96. The van der Waals surface area contributed by atoms with E-state index in [9.17, 15) is 0 Å². The van der Waals surface area contributed by atoms with E-state index in [2.05, 4.69) is 23.9 Å². The third-order valence-corrected chi connectivity index (χ3v) is 4.27. The molecule has 0 aliphatic carbocycles. The van der Waals surface area contributed by atoms with Crippen molar-refractivity contribution in [3.8, 4) is 5.75 Å². The van der Waals surface area contributed by atoms with Gasteiger partial charge in [-0.2, -0.15) is 0 Å². The van der Waals surface area contributed by atoms with Crippen LogP contribution >= 0.6 is 12.2 Å². The van der Waals surface area contributed by atoms with Gasteiger partial charge in [-0.25, -0.2) is 0 Å². The first-order chi connectivity index (χ1) is 10.0. The molecule has 0 amide bonds. The summed E-state index contributed by atoms with van der Waals surface area (Å²) < 4.78 is 5.34. The molecule has 1 aromatic rings. The summed E-state index contributed by atoms with van der Waals surface area (Å²) in [6.45, 7) is 3.25. The van der Waals surface area contributed by atoms with Gasteiger partial charge in [0.25, 0.3) is 0 Å². The zero-order chi connectivity index (χ0) is 15.4. The Hall–Kier alpha value is -1.33. The number of nitrogens with two attached hydrogens (primary N) is 1. The van der Waals surface area contributed by atoms with Crippen molar-refractivity contribution in [2.24, 2.45) is 11.7 Å².